The van der Waals surface area contributed by atoms with Gasteiger partial charge in [-0.3, -0.25) is 19.2 Å². The third kappa shape index (κ3) is 6.11. The first-order valence-electron chi connectivity index (χ1n) is 12.6. The van der Waals surface area contributed by atoms with E-state index in [9.17, 15) is 19.2 Å². The molecule has 1 heterocycles. The fraction of sp³-hybridized carbons (Fsp3) is 0.267. The smallest absolute Gasteiger partial charge is 0.311 e. The van der Waals surface area contributed by atoms with Crippen LogP contribution < -0.4 is 10.2 Å². The zero-order valence-corrected chi connectivity index (χ0v) is 22.1. The van der Waals surface area contributed by atoms with Crippen LogP contribution in [-0.2, 0) is 27.2 Å². The van der Waals surface area contributed by atoms with Crippen LogP contribution in [0, 0.1) is 5.92 Å². The van der Waals surface area contributed by atoms with E-state index in [0.29, 0.717) is 21.8 Å². The van der Waals surface area contributed by atoms with Crippen LogP contribution in [0.1, 0.15) is 52.1 Å². The quantitative estimate of drug-likeness (QED) is 0.290. The Morgan fingerprint density at radius 1 is 0.947 bits per heavy atom. The lowest BCUT2D eigenvalue weighted by Gasteiger charge is -2.18. The maximum absolute atomic E-state index is 13.1. The van der Waals surface area contributed by atoms with Gasteiger partial charge in [0.25, 0.3) is 5.91 Å². The van der Waals surface area contributed by atoms with E-state index >= 15 is 0 Å². The number of para-hydroxylation sites is 1. The molecule has 1 atom stereocenters. The number of carbonyl (C=O) groups is 4. The molecule has 3 aromatic rings. The van der Waals surface area contributed by atoms with Crippen LogP contribution in [0.4, 0.5) is 11.4 Å². The number of ether oxygens (including phenoxy) is 1. The topological polar surface area (TPSA) is 92.8 Å². The molecule has 38 heavy (non-hydrogen) atoms. The Morgan fingerprint density at radius 3 is 2.26 bits per heavy atom. The lowest BCUT2D eigenvalue weighted by Crippen LogP contribution is -2.27. The largest absolute Gasteiger partial charge is 0.457 e. The van der Waals surface area contributed by atoms with Gasteiger partial charge in [0.2, 0.25) is 5.91 Å². The Bertz CT molecular complexity index is 1350. The van der Waals surface area contributed by atoms with Gasteiger partial charge in [0.05, 0.1) is 5.92 Å². The van der Waals surface area contributed by atoms with E-state index in [1.54, 1.807) is 48.5 Å². The molecule has 0 aliphatic carbocycles. The minimum Gasteiger partial charge on any atom is -0.457 e. The molecular formula is C30H29ClN2O5. The number of nitrogens with zero attached hydrogens (tertiary/aromatic N) is 1. The van der Waals surface area contributed by atoms with E-state index in [4.69, 9.17) is 16.3 Å². The van der Waals surface area contributed by atoms with E-state index in [0.717, 1.165) is 29.7 Å². The number of benzene rings is 3. The molecular weight excluding hydrogens is 504 g/mol. The van der Waals surface area contributed by atoms with E-state index < -0.39 is 18.5 Å². The molecule has 8 heteroatoms. The Morgan fingerprint density at radius 2 is 1.61 bits per heavy atom. The first kappa shape index (κ1) is 27.1. The van der Waals surface area contributed by atoms with Crippen LogP contribution in [0.2, 0.25) is 5.02 Å². The highest BCUT2D eigenvalue weighted by Crippen LogP contribution is 2.28. The van der Waals surface area contributed by atoms with Crippen molar-refractivity contribution in [3.8, 4) is 0 Å². The second kappa shape index (κ2) is 12.0. The van der Waals surface area contributed by atoms with E-state index in [2.05, 4.69) is 5.32 Å². The summed E-state index contributed by atoms with van der Waals surface area (Å²) < 4.78 is 5.21. The molecule has 0 spiro atoms. The van der Waals surface area contributed by atoms with Gasteiger partial charge < -0.3 is 15.0 Å². The Hall–Kier alpha value is -3.97. The minimum absolute atomic E-state index is 0.0336. The van der Waals surface area contributed by atoms with Crippen LogP contribution in [0.25, 0.3) is 0 Å². The number of halogens is 1. The lowest BCUT2D eigenvalue weighted by molar-refractivity contribution is -0.147. The summed E-state index contributed by atoms with van der Waals surface area (Å²) in [5, 5.41) is 3.54. The zero-order valence-electron chi connectivity index (χ0n) is 21.3. The van der Waals surface area contributed by atoms with Crippen molar-refractivity contribution in [1.82, 2.24) is 0 Å². The van der Waals surface area contributed by atoms with Crippen LogP contribution >= 0.6 is 11.6 Å². The first-order chi connectivity index (χ1) is 18.3. The van der Waals surface area contributed by atoms with Crippen molar-refractivity contribution in [2.45, 2.75) is 33.1 Å². The van der Waals surface area contributed by atoms with E-state index in [1.807, 2.05) is 32.0 Å². The van der Waals surface area contributed by atoms with Crippen molar-refractivity contribution < 1.29 is 23.9 Å². The van der Waals surface area contributed by atoms with Crippen molar-refractivity contribution in [3.05, 3.63) is 94.0 Å². The molecule has 0 unspecified atom stereocenters. The van der Waals surface area contributed by atoms with Crippen molar-refractivity contribution >= 4 is 46.5 Å². The van der Waals surface area contributed by atoms with Gasteiger partial charge in [-0.05, 0) is 66.4 Å². The zero-order chi connectivity index (χ0) is 27.2. The highest BCUT2D eigenvalue weighted by molar-refractivity contribution is 6.30. The normalized spacial score (nSPS) is 14.9. The Kier molecular flexibility index (Phi) is 8.59. The summed E-state index contributed by atoms with van der Waals surface area (Å²) in [5.74, 6) is -2.20. The standard InChI is InChI=1S/C30H29ClN2O5/c1-3-19-7-5-8-20(4-2)28(19)32-29(36)22-9-6-10-25(15-22)33-17-23(16-27(33)35)30(37)38-18-26(34)21-11-13-24(31)14-12-21/h5-15,23H,3-4,16-18H2,1-2H3,(H,32,36)/t23-/m0/s1. The van der Waals surface area contributed by atoms with Gasteiger partial charge >= 0.3 is 5.97 Å². The first-order valence-corrected chi connectivity index (χ1v) is 13.0. The second-order valence-electron chi connectivity index (χ2n) is 9.11. The monoisotopic (exact) mass is 532 g/mol. The number of hydrogen-bond donors (Lipinski definition) is 1. The predicted octanol–water partition coefficient (Wildman–Crippen LogP) is 5.50. The molecule has 1 N–H and O–H groups in total. The number of carbonyl (C=O) groups excluding carboxylic acids is 4. The maximum atomic E-state index is 13.1. The number of ketones is 1. The molecule has 0 bridgehead atoms. The number of hydrogen-bond acceptors (Lipinski definition) is 5. The molecule has 1 fully saturated rings. The van der Waals surface area contributed by atoms with Gasteiger partial charge in [-0.25, -0.2) is 0 Å². The van der Waals surface area contributed by atoms with Gasteiger partial charge in [0, 0.05) is 40.5 Å². The predicted molar refractivity (Wildman–Crippen MR) is 147 cm³/mol. The summed E-state index contributed by atoms with van der Waals surface area (Å²) in [6, 6.07) is 19.0. The Labute approximate surface area is 226 Å². The molecule has 3 aromatic carbocycles. The van der Waals surface area contributed by atoms with Gasteiger partial charge in [0.15, 0.2) is 12.4 Å². The molecule has 4 rings (SSSR count). The van der Waals surface area contributed by atoms with Crippen LogP contribution in [-0.4, -0.2) is 36.7 Å². The number of rotatable bonds is 9. The molecule has 0 aromatic heterocycles. The summed E-state index contributed by atoms with van der Waals surface area (Å²) >= 11 is 5.84. The number of nitrogens with one attached hydrogen (secondary N) is 1. The van der Waals surface area contributed by atoms with Crippen LogP contribution in [0.5, 0.6) is 0 Å². The summed E-state index contributed by atoms with van der Waals surface area (Å²) in [7, 11) is 0. The van der Waals surface area contributed by atoms with Crippen molar-refractivity contribution in [3.63, 3.8) is 0 Å². The van der Waals surface area contributed by atoms with Gasteiger partial charge in [0.1, 0.15) is 0 Å². The number of esters is 1. The van der Waals surface area contributed by atoms with Crippen LogP contribution in [0.15, 0.2) is 66.7 Å². The summed E-state index contributed by atoms with van der Waals surface area (Å²) in [4.78, 5) is 52.3. The molecule has 0 radical (unpaired) electrons. The molecule has 7 nitrogen and oxygen atoms in total. The van der Waals surface area contributed by atoms with Gasteiger partial charge in [-0.15, -0.1) is 0 Å². The fourth-order valence-electron chi connectivity index (χ4n) is 4.49. The fourth-order valence-corrected chi connectivity index (χ4v) is 4.62. The highest BCUT2D eigenvalue weighted by atomic mass is 35.5. The number of Topliss-reactive ketones (excluding diaryl/α,β-unsaturated/α-hetero) is 1. The average molecular weight is 533 g/mol. The lowest BCUT2D eigenvalue weighted by atomic mass is 10.0. The Balaban J connectivity index is 1.41. The molecule has 1 aliphatic rings. The second-order valence-corrected chi connectivity index (χ2v) is 9.54. The van der Waals surface area contributed by atoms with Crippen molar-refractivity contribution in [1.29, 1.82) is 0 Å². The third-order valence-corrected chi connectivity index (χ3v) is 6.88. The van der Waals surface area contributed by atoms with Crippen molar-refractivity contribution in [2.24, 2.45) is 5.92 Å². The molecule has 2 amide bonds. The average Bonchev–Trinajstić information content (AvgIpc) is 3.33. The maximum Gasteiger partial charge on any atom is 0.311 e. The van der Waals surface area contributed by atoms with Gasteiger partial charge in [-0.2, -0.15) is 0 Å². The SMILES string of the molecule is CCc1cccc(CC)c1NC(=O)c1cccc(N2C[C@@H](C(=O)OCC(=O)c3ccc(Cl)cc3)CC2=O)c1. The van der Waals surface area contributed by atoms with E-state index in [1.165, 1.54) is 4.90 Å². The summed E-state index contributed by atoms with van der Waals surface area (Å²) in [6.45, 7) is 3.77. The highest BCUT2D eigenvalue weighted by Gasteiger charge is 2.36. The number of anilines is 2. The molecule has 196 valence electrons. The van der Waals surface area contributed by atoms with Gasteiger partial charge in [-0.1, -0.05) is 49.7 Å². The van der Waals surface area contributed by atoms with Crippen molar-refractivity contribution in [2.75, 3.05) is 23.4 Å². The molecule has 1 saturated heterocycles. The summed E-state index contributed by atoms with van der Waals surface area (Å²) in [6.07, 6.45) is 1.54. The van der Waals surface area contributed by atoms with Crippen LogP contribution in [0.3, 0.4) is 0 Å². The molecule has 1 aliphatic heterocycles. The van der Waals surface area contributed by atoms with E-state index in [-0.39, 0.29) is 30.6 Å². The molecule has 0 saturated carbocycles. The minimum atomic E-state index is -0.707. The number of amides is 2. The third-order valence-electron chi connectivity index (χ3n) is 6.63. The summed E-state index contributed by atoms with van der Waals surface area (Å²) in [5.41, 5.74) is 4.24. The number of aryl methyl sites for hydroxylation is 2.